The predicted octanol–water partition coefficient (Wildman–Crippen LogP) is 2.49. The molecule has 19 heavy (non-hydrogen) atoms. The van der Waals surface area contributed by atoms with Gasteiger partial charge >= 0.3 is 0 Å². The molecule has 0 spiro atoms. The van der Waals surface area contributed by atoms with Crippen molar-refractivity contribution in [3.05, 3.63) is 16.5 Å². The van der Waals surface area contributed by atoms with E-state index in [0.29, 0.717) is 10.9 Å². The molecule has 0 unspecified atom stereocenters. The minimum atomic E-state index is -3.41. The molecule has 1 aliphatic heterocycles. The fourth-order valence-electron chi connectivity index (χ4n) is 1.99. The molecule has 8 heteroatoms. The third-order valence-corrected chi connectivity index (χ3v) is 6.44. The van der Waals surface area contributed by atoms with Crippen LogP contribution in [0.3, 0.4) is 0 Å². The lowest BCUT2D eigenvalue weighted by Gasteiger charge is -2.33. The van der Waals surface area contributed by atoms with Gasteiger partial charge in [-0.1, -0.05) is 18.5 Å². The Kier molecular flexibility index (Phi) is 6.10. The summed E-state index contributed by atoms with van der Waals surface area (Å²) in [5.74, 6) is 0. The topological polar surface area (TPSA) is 58.2 Å². The van der Waals surface area contributed by atoms with Gasteiger partial charge in [0, 0.05) is 6.54 Å². The van der Waals surface area contributed by atoms with E-state index in [1.165, 1.54) is 0 Å². The molecule has 1 aromatic heterocycles. The predicted molar refractivity (Wildman–Crippen MR) is 82.0 cm³/mol. The zero-order chi connectivity index (χ0) is 13.2. The van der Waals surface area contributed by atoms with Crippen LogP contribution in [0.15, 0.2) is 16.3 Å². The Morgan fingerprint density at radius 1 is 1.42 bits per heavy atom. The third kappa shape index (κ3) is 4.58. The van der Waals surface area contributed by atoms with Crippen LogP contribution in [0.4, 0.5) is 0 Å². The summed E-state index contributed by atoms with van der Waals surface area (Å²) in [6.45, 7) is 4.50. The maximum Gasteiger partial charge on any atom is 0.250 e. The van der Waals surface area contributed by atoms with E-state index in [-0.39, 0.29) is 22.0 Å². The Morgan fingerprint density at radius 3 is 2.58 bits per heavy atom. The molecule has 4 nitrogen and oxygen atoms in total. The number of thiophene rings is 1. The molecule has 1 aromatic rings. The molecule has 1 saturated heterocycles. The highest BCUT2D eigenvalue weighted by Gasteiger charge is 2.29. The van der Waals surface area contributed by atoms with Crippen LogP contribution in [-0.4, -0.2) is 28.1 Å². The van der Waals surface area contributed by atoms with Crippen LogP contribution in [0.5, 0.6) is 0 Å². The van der Waals surface area contributed by atoms with Gasteiger partial charge in [-0.05, 0) is 43.5 Å². The second kappa shape index (κ2) is 6.74. The van der Waals surface area contributed by atoms with E-state index in [1.807, 2.05) is 0 Å². The number of hydrogen-bond donors (Lipinski definition) is 2. The summed E-state index contributed by atoms with van der Waals surface area (Å²) in [6.07, 6.45) is 1.97. The first-order chi connectivity index (χ1) is 8.41. The van der Waals surface area contributed by atoms with E-state index in [4.69, 9.17) is 11.6 Å². The SMILES string of the molecule is CC1(CNS(=O)(=O)c2ccc(Cl)s2)CCNCC1.Cl. The van der Waals surface area contributed by atoms with Crippen molar-refractivity contribution in [3.8, 4) is 0 Å². The maximum absolute atomic E-state index is 12.1. The van der Waals surface area contributed by atoms with Crippen molar-refractivity contribution in [2.24, 2.45) is 5.41 Å². The quantitative estimate of drug-likeness (QED) is 0.882. The van der Waals surface area contributed by atoms with Gasteiger partial charge in [0.05, 0.1) is 4.34 Å². The van der Waals surface area contributed by atoms with E-state index >= 15 is 0 Å². The van der Waals surface area contributed by atoms with E-state index in [9.17, 15) is 8.42 Å². The number of halogens is 2. The van der Waals surface area contributed by atoms with E-state index in [2.05, 4.69) is 17.0 Å². The van der Waals surface area contributed by atoms with Crippen molar-refractivity contribution in [1.82, 2.24) is 10.0 Å². The zero-order valence-electron chi connectivity index (χ0n) is 10.6. The van der Waals surface area contributed by atoms with Gasteiger partial charge in [-0.25, -0.2) is 13.1 Å². The summed E-state index contributed by atoms with van der Waals surface area (Å²) in [6, 6.07) is 3.15. The Labute approximate surface area is 129 Å². The van der Waals surface area contributed by atoms with Gasteiger partial charge in [-0.15, -0.1) is 23.7 Å². The smallest absolute Gasteiger partial charge is 0.250 e. The fraction of sp³-hybridized carbons (Fsp3) is 0.636. The Hall–Kier alpha value is 0.150. The van der Waals surface area contributed by atoms with Crippen LogP contribution in [0, 0.1) is 5.41 Å². The first kappa shape index (κ1) is 17.2. The van der Waals surface area contributed by atoms with Crippen molar-refractivity contribution < 1.29 is 8.42 Å². The monoisotopic (exact) mass is 344 g/mol. The average molecular weight is 345 g/mol. The molecule has 0 amide bonds. The normalized spacial score (nSPS) is 18.8. The van der Waals surface area contributed by atoms with Crippen LogP contribution in [-0.2, 0) is 10.0 Å². The summed E-state index contributed by atoms with van der Waals surface area (Å²) in [5.41, 5.74) is 0.0410. The summed E-state index contributed by atoms with van der Waals surface area (Å²) >= 11 is 6.84. The zero-order valence-corrected chi connectivity index (χ0v) is 13.8. The van der Waals surface area contributed by atoms with Crippen LogP contribution in [0.25, 0.3) is 0 Å². The number of rotatable bonds is 4. The molecule has 0 atom stereocenters. The number of nitrogens with one attached hydrogen (secondary N) is 2. The molecule has 1 fully saturated rings. The summed E-state index contributed by atoms with van der Waals surface area (Å²) < 4.78 is 27.6. The van der Waals surface area contributed by atoms with Gasteiger partial charge < -0.3 is 5.32 Å². The molecule has 110 valence electrons. The van der Waals surface area contributed by atoms with Gasteiger partial charge in [0.2, 0.25) is 10.0 Å². The van der Waals surface area contributed by atoms with Crippen molar-refractivity contribution in [2.75, 3.05) is 19.6 Å². The molecule has 2 heterocycles. The third-order valence-electron chi connectivity index (χ3n) is 3.31. The highest BCUT2D eigenvalue weighted by atomic mass is 35.5. The van der Waals surface area contributed by atoms with Crippen molar-refractivity contribution in [1.29, 1.82) is 0 Å². The summed E-state index contributed by atoms with van der Waals surface area (Å²) in [5, 5.41) is 3.28. The molecule has 0 bridgehead atoms. The van der Waals surface area contributed by atoms with Crippen molar-refractivity contribution >= 4 is 45.4 Å². The molecule has 2 N–H and O–H groups in total. The first-order valence-corrected chi connectivity index (χ1v) is 8.55. The number of sulfonamides is 1. The summed E-state index contributed by atoms with van der Waals surface area (Å²) in [7, 11) is -3.41. The molecule has 0 aromatic carbocycles. The molecular weight excluding hydrogens is 327 g/mol. The fourth-order valence-corrected chi connectivity index (χ4v) is 4.72. The van der Waals surface area contributed by atoms with E-state index in [0.717, 1.165) is 37.3 Å². The highest BCUT2D eigenvalue weighted by Crippen LogP contribution is 2.29. The van der Waals surface area contributed by atoms with Gasteiger partial charge in [0.15, 0.2) is 0 Å². The number of hydrogen-bond acceptors (Lipinski definition) is 4. The molecule has 1 aliphatic rings. The molecular formula is C11H18Cl2N2O2S2. The minimum absolute atomic E-state index is 0. The lowest BCUT2D eigenvalue weighted by Crippen LogP contribution is -2.42. The lowest BCUT2D eigenvalue weighted by atomic mass is 9.81. The molecule has 0 aliphatic carbocycles. The van der Waals surface area contributed by atoms with Crippen molar-refractivity contribution in [3.63, 3.8) is 0 Å². The number of piperidine rings is 1. The Balaban J connectivity index is 0.00000180. The Morgan fingerprint density at radius 2 is 2.05 bits per heavy atom. The highest BCUT2D eigenvalue weighted by molar-refractivity contribution is 7.91. The molecule has 0 saturated carbocycles. The molecule has 0 radical (unpaired) electrons. The van der Waals surface area contributed by atoms with E-state index < -0.39 is 10.0 Å². The van der Waals surface area contributed by atoms with Gasteiger partial charge in [0.1, 0.15) is 4.21 Å². The summed E-state index contributed by atoms with van der Waals surface area (Å²) in [4.78, 5) is 0. The minimum Gasteiger partial charge on any atom is -0.317 e. The molecule has 2 rings (SSSR count). The first-order valence-electron chi connectivity index (χ1n) is 5.87. The largest absolute Gasteiger partial charge is 0.317 e. The van der Waals surface area contributed by atoms with Gasteiger partial charge in [-0.3, -0.25) is 0 Å². The Bertz CT molecular complexity index is 511. The maximum atomic E-state index is 12.1. The lowest BCUT2D eigenvalue weighted by molar-refractivity contribution is 0.232. The standard InChI is InChI=1S/C11H17ClN2O2S2.ClH/c1-11(4-6-13-7-5-11)8-14-18(15,16)10-3-2-9(12)17-10;/h2-3,13-14H,4-8H2,1H3;1H. The van der Waals surface area contributed by atoms with Gasteiger partial charge in [0.25, 0.3) is 0 Å². The second-order valence-corrected chi connectivity index (χ2v) is 8.65. The van der Waals surface area contributed by atoms with Gasteiger partial charge in [-0.2, -0.15) is 0 Å². The van der Waals surface area contributed by atoms with Crippen LogP contribution >= 0.6 is 35.3 Å². The second-order valence-electron chi connectivity index (χ2n) is 4.94. The average Bonchev–Trinajstić information content (AvgIpc) is 2.76. The van der Waals surface area contributed by atoms with E-state index in [1.54, 1.807) is 12.1 Å². The van der Waals surface area contributed by atoms with Crippen LogP contribution in [0.2, 0.25) is 4.34 Å². The van der Waals surface area contributed by atoms with Crippen LogP contribution in [0.1, 0.15) is 19.8 Å². The van der Waals surface area contributed by atoms with Crippen molar-refractivity contribution in [2.45, 2.75) is 24.0 Å². The van der Waals surface area contributed by atoms with Crippen LogP contribution < -0.4 is 10.0 Å².